The van der Waals surface area contributed by atoms with Crippen LogP contribution in [-0.2, 0) is 0 Å². The molecule has 0 spiro atoms. The van der Waals surface area contributed by atoms with Gasteiger partial charge < -0.3 is 9.52 Å². The lowest BCUT2D eigenvalue weighted by molar-refractivity contribution is 0.477. The van der Waals surface area contributed by atoms with E-state index in [4.69, 9.17) is 19.4 Å². The van der Waals surface area contributed by atoms with Crippen molar-refractivity contribution in [3.05, 3.63) is 170 Å². The summed E-state index contributed by atoms with van der Waals surface area (Å²) in [6.07, 6.45) is 0. The number of aromatic nitrogens is 3. The van der Waals surface area contributed by atoms with Crippen LogP contribution in [0.5, 0.6) is 5.75 Å². The normalized spacial score (nSPS) is 11.5. The van der Waals surface area contributed by atoms with E-state index in [1.54, 1.807) is 6.07 Å². The molecule has 244 valence electrons. The molecule has 52 heavy (non-hydrogen) atoms. The third-order valence-corrected chi connectivity index (χ3v) is 9.83. The monoisotopic (exact) mass is 667 g/mol. The Hall–Kier alpha value is -7.11. The number of aromatic hydroxyl groups is 1. The molecule has 8 aromatic carbocycles. The number of hydrogen-bond acceptors (Lipinski definition) is 5. The molecule has 10 aromatic rings. The smallest absolute Gasteiger partial charge is 0.165 e. The number of hydrogen-bond donors (Lipinski definition) is 1. The Morgan fingerprint density at radius 2 is 1.02 bits per heavy atom. The molecule has 5 heteroatoms. The molecule has 0 bridgehead atoms. The molecule has 0 unspecified atom stereocenters. The molecule has 0 fully saturated rings. The summed E-state index contributed by atoms with van der Waals surface area (Å²) in [5.41, 5.74) is 7.17. The number of benzene rings is 8. The molecule has 0 atom stereocenters. The van der Waals surface area contributed by atoms with Gasteiger partial charge in [-0.2, -0.15) is 0 Å². The van der Waals surface area contributed by atoms with Gasteiger partial charge >= 0.3 is 0 Å². The van der Waals surface area contributed by atoms with E-state index in [-0.39, 0.29) is 5.75 Å². The maximum Gasteiger partial charge on any atom is 0.165 e. The van der Waals surface area contributed by atoms with E-state index in [0.29, 0.717) is 28.6 Å². The van der Waals surface area contributed by atoms with Gasteiger partial charge in [-0.3, -0.25) is 0 Å². The highest BCUT2D eigenvalue weighted by Gasteiger charge is 2.24. The molecule has 0 aliphatic rings. The fourth-order valence-corrected chi connectivity index (χ4v) is 7.39. The van der Waals surface area contributed by atoms with Crippen molar-refractivity contribution in [3.8, 4) is 62.2 Å². The Kier molecular flexibility index (Phi) is 6.89. The van der Waals surface area contributed by atoms with Crippen molar-refractivity contribution in [2.45, 2.75) is 0 Å². The number of para-hydroxylation sites is 2. The molecular formula is C47H29N3O2. The largest absolute Gasteiger partial charge is 0.507 e. The zero-order chi connectivity index (χ0) is 34.6. The van der Waals surface area contributed by atoms with Crippen molar-refractivity contribution < 1.29 is 9.52 Å². The molecule has 0 saturated carbocycles. The fraction of sp³-hybridized carbons (Fsp3) is 0. The number of phenols is 1. The maximum absolute atomic E-state index is 11.7. The minimum atomic E-state index is 0.127. The lowest BCUT2D eigenvalue weighted by Gasteiger charge is -2.18. The Balaban J connectivity index is 1.28. The number of phenolic OH excluding ortho intramolecular Hbond substituents is 1. The molecule has 0 radical (unpaired) electrons. The Morgan fingerprint density at radius 1 is 0.385 bits per heavy atom. The molecule has 5 nitrogen and oxygen atoms in total. The molecule has 0 saturated heterocycles. The lowest BCUT2D eigenvalue weighted by atomic mass is 9.89. The average molecular weight is 668 g/mol. The first-order chi connectivity index (χ1) is 25.7. The Labute approximate surface area is 299 Å². The van der Waals surface area contributed by atoms with E-state index in [1.165, 1.54) is 16.2 Å². The van der Waals surface area contributed by atoms with E-state index in [0.717, 1.165) is 55.1 Å². The summed E-state index contributed by atoms with van der Waals surface area (Å²) in [5.74, 6) is 1.64. The maximum atomic E-state index is 11.7. The van der Waals surface area contributed by atoms with Crippen LogP contribution >= 0.6 is 0 Å². The van der Waals surface area contributed by atoms with Gasteiger partial charge in [0.1, 0.15) is 16.9 Å². The van der Waals surface area contributed by atoms with Crippen LogP contribution in [0.4, 0.5) is 0 Å². The number of fused-ring (bicyclic) bond motifs is 6. The molecular weight excluding hydrogens is 639 g/mol. The van der Waals surface area contributed by atoms with Gasteiger partial charge in [-0.1, -0.05) is 146 Å². The SMILES string of the molecule is Oc1ccc(-c2cccc3c2oc2ccccc23)c(-c2nc(-c3ccccc3)nc(-c3ccc4c(ccc5ccccc54)c3)n2)c1-c1ccccc1. The molecule has 0 aliphatic heterocycles. The van der Waals surface area contributed by atoms with Gasteiger partial charge in [0, 0.05) is 38.6 Å². The predicted molar refractivity (Wildman–Crippen MR) is 211 cm³/mol. The lowest BCUT2D eigenvalue weighted by Crippen LogP contribution is -2.02. The van der Waals surface area contributed by atoms with Crippen molar-refractivity contribution in [1.82, 2.24) is 15.0 Å². The minimum Gasteiger partial charge on any atom is -0.507 e. The van der Waals surface area contributed by atoms with Crippen LogP contribution in [0.2, 0.25) is 0 Å². The summed E-state index contributed by atoms with van der Waals surface area (Å²) in [7, 11) is 0. The second kappa shape index (κ2) is 12.0. The van der Waals surface area contributed by atoms with E-state index in [2.05, 4.69) is 72.8 Å². The van der Waals surface area contributed by atoms with Crippen molar-refractivity contribution in [3.63, 3.8) is 0 Å². The summed E-state index contributed by atoms with van der Waals surface area (Å²) < 4.78 is 6.55. The summed E-state index contributed by atoms with van der Waals surface area (Å²) in [4.78, 5) is 15.5. The number of rotatable bonds is 5. The molecule has 1 N–H and O–H groups in total. The number of furan rings is 1. The van der Waals surface area contributed by atoms with E-state index < -0.39 is 0 Å². The molecule has 2 heterocycles. The van der Waals surface area contributed by atoms with Crippen molar-refractivity contribution in [2.75, 3.05) is 0 Å². The Morgan fingerprint density at radius 3 is 1.85 bits per heavy atom. The molecule has 2 aromatic heterocycles. The average Bonchev–Trinajstić information content (AvgIpc) is 3.60. The van der Waals surface area contributed by atoms with Crippen molar-refractivity contribution in [1.29, 1.82) is 0 Å². The van der Waals surface area contributed by atoms with Gasteiger partial charge in [0.15, 0.2) is 17.5 Å². The topological polar surface area (TPSA) is 72.0 Å². The van der Waals surface area contributed by atoms with Gasteiger partial charge in [-0.15, -0.1) is 0 Å². The first-order valence-corrected chi connectivity index (χ1v) is 17.3. The second-order valence-corrected chi connectivity index (χ2v) is 12.9. The van der Waals surface area contributed by atoms with Crippen LogP contribution in [0, 0.1) is 0 Å². The van der Waals surface area contributed by atoms with Gasteiger partial charge in [0.2, 0.25) is 0 Å². The molecule has 10 rings (SSSR count). The third kappa shape index (κ3) is 4.90. The van der Waals surface area contributed by atoms with Gasteiger partial charge in [-0.25, -0.2) is 15.0 Å². The van der Waals surface area contributed by atoms with Crippen LogP contribution in [0.3, 0.4) is 0 Å². The summed E-state index contributed by atoms with van der Waals surface area (Å²) >= 11 is 0. The van der Waals surface area contributed by atoms with Crippen LogP contribution in [-0.4, -0.2) is 20.1 Å². The van der Waals surface area contributed by atoms with Crippen LogP contribution in [0.15, 0.2) is 174 Å². The standard InChI is InChI=1S/C47H29N3O2/c51-40-27-26-37(39-20-11-19-38-36-18-9-10-21-41(36)52-44(38)39)43(42(40)30-13-3-1-4-14-30)47-49-45(31-15-5-2-6-16-31)48-46(50-47)33-24-25-35-32(28-33)23-22-29-12-7-8-17-34(29)35/h1-28,51H. The van der Waals surface area contributed by atoms with E-state index >= 15 is 0 Å². The third-order valence-electron chi connectivity index (χ3n) is 9.83. The predicted octanol–water partition coefficient (Wildman–Crippen LogP) is 12.1. The summed E-state index contributed by atoms with van der Waals surface area (Å²) in [5, 5.41) is 18.4. The summed E-state index contributed by atoms with van der Waals surface area (Å²) in [6, 6.07) is 56.9. The van der Waals surface area contributed by atoms with Crippen LogP contribution in [0.1, 0.15) is 0 Å². The van der Waals surface area contributed by atoms with Crippen LogP contribution < -0.4 is 0 Å². The van der Waals surface area contributed by atoms with E-state index in [1.807, 2.05) is 91.0 Å². The van der Waals surface area contributed by atoms with Crippen molar-refractivity contribution >= 4 is 43.5 Å². The van der Waals surface area contributed by atoms with Gasteiger partial charge in [0.05, 0.1) is 0 Å². The molecule has 0 amide bonds. The first kappa shape index (κ1) is 29.8. The zero-order valence-corrected chi connectivity index (χ0v) is 27.9. The quantitative estimate of drug-likeness (QED) is 0.185. The Bertz CT molecular complexity index is 2970. The van der Waals surface area contributed by atoms with E-state index in [9.17, 15) is 5.11 Å². The minimum absolute atomic E-state index is 0.127. The highest BCUT2D eigenvalue weighted by Crippen LogP contribution is 2.47. The number of nitrogens with zero attached hydrogens (tertiary/aromatic N) is 3. The highest BCUT2D eigenvalue weighted by atomic mass is 16.3. The summed E-state index contributed by atoms with van der Waals surface area (Å²) in [6.45, 7) is 0. The zero-order valence-electron chi connectivity index (χ0n) is 27.9. The van der Waals surface area contributed by atoms with Crippen molar-refractivity contribution in [2.24, 2.45) is 0 Å². The highest BCUT2D eigenvalue weighted by molar-refractivity contribution is 6.12. The fourth-order valence-electron chi connectivity index (χ4n) is 7.39. The van der Waals surface area contributed by atoms with Crippen LogP contribution in [0.25, 0.3) is 99.9 Å². The van der Waals surface area contributed by atoms with Gasteiger partial charge in [0.25, 0.3) is 0 Å². The van der Waals surface area contributed by atoms with Gasteiger partial charge in [-0.05, 0) is 56.9 Å². The first-order valence-electron chi connectivity index (χ1n) is 17.3. The second-order valence-electron chi connectivity index (χ2n) is 12.9. The molecule has 0 aliphatic carbocycles.